The van der Waals surface area contributed by atoms with Gasteiger partial charge in [0.05, 0.1) is 18.5 Å². The molecule has 0 radical (unpaired) electrons. The molecular weight excluding hydrogens is 392 g/mol. The molecule has 6 nitrogen and oxygen atoms in total. The summed E-state index contributed by atoms with van der Waals surface area (Å²) in [4.78, 5) is 9.82. The fourth-order valence-corrected chi connectivity index (χ4v) is 3.05. The molecule has 2 aromatic heterocycles. The predicted molar refractivity (Wildman–Crippen MR) is 107 cm³/mol. The molecule has 1 saturated carbocycles. The van der Waals surface area contributed by atoms with Crippen molar-refractivity contribution in [1.29, 1.82) is 0 Å². The summed E-state index contributed by atoms with van der Waals surface area (Å²) in [6.07, 6.45) is 7.45. The Labute approximate surface area is 172 Å². The number of aliphatic hydroxyl groups excluding tert-OH is 1. The summed E-state index contributed by atoms with van der Waals surface area (Å²) >= 11 is 0. The number of ether oxygens (including phenoxy) is 2. The lowest BCUT2D eigenvalue weighted by Crippen LogP contribution is -2.24. The SMILES string of the molecule is OC(c1cccnc1)N(c1cccnc1)c1ccc(OC(F)F)c(OCC2CC2)c1. The first-order valence-electron chi connectivity index (χ1n) is 9.60. The number of nitrogens with zero attached hydrogens (tertiary/aromatic N) is 3. The smallest absolute Gasteiger partial charge is 0.387 e. The Bertz CT molecular complexity index is 956. The highest BCUT2D eigenvalue weighted by molar-refractivity contribution is 5.67. The molecule has 8 heteroatoms. The van der Waals surface area contributed by atoms with E-state index in [1.54, 1.807) is 66.1 Å². The van der Waals surface area contributed by atoms with E-state index < -0.39 is 12.8 Å². The number of hydrogen-bond donors (Lipinski definition) is 1. The van der Waals surface area contributed by atoms with E-state index >= 15 is 0 Å². The van der Waals surface area contributed by atoms with E-state index in [1.807, 2.05) is 0 Å². The lowest BCUT2D eigenvalue weighted by Gasteiger charge is -2.30. The minimum Gasteiger partial charge on any atom is -0.489 e. The summed E-state index contributed by atoms with van der Waals surface area (Å²) in [5, 5.41) is 11.1. The Balaban J connectivity index is 1.72. The molecule has 0 aliphatic heterocycles. The van der Waals surface area contributed by atoms with Gasteiger partial charge in [-0.1, -0.05) is 6.07 Å². The average molecular weight is 413 g/mol. The lowest BCUT2D eigenvalue weighted by atomic mass is 10.1. The summed E-state index contributed by atoms with van der Waals surface area (Å²) in [7, 11) is 0. The lowest BCUT2D eigenvalue weighted by molar-refractivity contribution is -0.0515. The van der Waals surface area contributed by atoms with Crippen LogP contribution in [-0.2, 0) is 0 Å². The molecule has 1 N–H and O–H groups in total. The van der Waals surface area contributed by atoms with Crippen molar-refractivity contribution in [1.82, 2.24) is 9.97 Å². The van der Waals surface area contributed by atoms with E-state index in [1.165, 1.54) is 6.07 Å². The molecule has 1 aromatic carbocycles. The van der Waals surface area contributed by atoms with Crippen LogP contribution in [0.3, 0.4) is 0 Å². The van der Waals surface area contributed by atoms with Gasteiger partial charge in [0.15, 0.2) is 17.7 Å². The van der Waals surface area contributed by atoms with Crippen LogP contribution in [-0.4, -0.2) is 28.3 Å². The zero-order chi connectivity index (χ0) is 20.9. The maximum atomic E-state index is 12.8. The summed E-state index contributed by atoms with van der Waals surface area (Å²) in [6.45, 7) is -2.53. The van der Waals surface area contributed by atoms with Gasteiger partial charge in [0.2, 0.25) is 0 Å². The molecular formula is C22H21F2N3O3. The molecule has 1 unspecified atom stereocenters. The molecule has 4 rings (SSSR count). The van der Waals surface area contributed by atoms with Crippen LogP contribution in [0, 0.1) is 5.92 Å². The average Bonchev–Trinajstić information content (AvgIpc) is 3.59. The van der Waals surface area contributed by atoms with Crippen molar-refractivity contribution in [3.8, 4) is 11.5 Å². The summed E-state index contributed by atoms with van der Waals surface area (Å²) in [5.41, 5.74) is 1.71. The minimum absolute atomic E-state index is 0.0450. The molecule has 1 fully saturated rings. The van der Waals surface area contributed by atoms with Crippen molar-refractivity contribution < 1.29 is 23.4 Å². The van der Waals surface area contributed by atoms with Crippen molar-refractivity contribution in [3.05, 3.63) is 72.8 Å². The van der Waals surface area contributed by atoms with Crippen molar-refractivity contribution >= 4 is 11.4 Å². The monoisotopic (exact) mass is 413 g/mol. The highest BCUT2D eigenvalue weighted by atomic mass is 19.3. The fourth-order valence-electron chi connectivity index (χ4n) is 3.05. The summed E-state index contributed by atoms with van der Waals surface area (Å²) < 4.78 is 36.1. The van der Waals surface area contributed by atoms with Gasteiger partial charge in [-0.05, 0) is 49.1 Å². The van der Waals surface area contributed by atoms with E-state index in [4.69, 9.17) is 4.74 Å². The van der Waals surface area contributed by atoms with Gasteiger partial charge in [-0.15, -0.1) is 0 Å². The first-order chi connectivity index (χ1) is 14.6. The number of halogens is 2. The van der Waals surface area contributed by atoms with Gasteiger partial charge in [0, 0.05) is 35.9 Å². The molecule has 0 bridgehead atoms. The Morgan fingerprint density at radius 2 is 1.77 bits per heavy atom. The van der Waals surface area contributed by atoms with Crippen LogP contribution in [0.5, 0.6) is 11.5 Å². The van der Waals surface area contributed by atoms with E-state index in [9.17, 15) is 13.9 Å². The van der Waals surface area contributed by atoms with Crippen molar-refractivity contribution in [2.45, 2.75) is 25.7 Å². The quantitative estimate of drug-likeness (QED) is 0.513. The molecule has 0 spiro atoms. The highest BCUT2D eigenvalue weighted by Crippen LogP contribution is 2.40. The van der Waals surface area contributed by atoms with E-state index in [-0.39, 0.29) is 11.5 Å². The minimum atomic E-state index is -2.96. The van der Waals surface area contributed by atoms with Crippen molar-refractivity contribution in [2.24, 2.45) is 5.92 Å². The molecule has 1 aliphatic carbocycles. The van der Waals surface area contributed by atoms with Crippen LogP contribution in [0.4, 0.5) is 20.2 Å². The standard InChI is InChI=1S/C22H21F2N3O3/c23-22(24)30-19-8-7-17(11-20(19)29-14-15-5-6-15)27(18-4-2-10-26-13-18)21(28)16-3-1-9-25-12-16/h1-4,7-13,15,21-22,28H,5-6,14H2. The number of benzene rings is 1. The molecule has 156 valence electrons. The number of hydrogen-bond acceptors (Lipinski definition) is 6. The number of aromatic nitrogens is 2. The second kappa shape index (κ2) is 9.04. The summed E-state index contributed by atoms with van der Waals surface area (Å²) in [5.74, 6) is 0.590. The number of aliphatic hydroxyl groups is 1. The Hall–Kier alpha value is -3.26. The second-order valence-electron chi connectivity index (χ2n) is 7.01. The fraction of sp³-hybridized carbons (Fsp3) is 0.273. The van der Waals surface area contributed by atoms with E-state index in [0.29, 0.717) is 29.5 Å². The Morgan fingerprint density at radius 1 is 1.00 bits per heavy atom. The van der Waals surface area contributed by atoms with E-state index in [0.717, 1.165) is 12.8 Å². The number of rotatable bonds is 9. The zero-order valence-electron chi connectivity index (χ0n) is 16.1. The normalized spacial score (nSPS) is 14.4. The third-order valence-corrected chi connectivity index (χ3v) is 4.74. The Morgan fingerprint density at radius 3 is 2.40 bits per heavy atom. The van der Waals surface area contributed by atoms with Gasteiger partial charge < -0.3 is 19.5 Å². The maximum Gasteiger partial charge on any atom is 0.387 e. The van der Waals surface area contributed by atoms with Gasteiger partial charge in [-0.25, -0.2) is 0 Å². The van der Waals surface area contributed by atoms with Crippen LogP contribution in [0.25, 0.3) is 0 Å². The summed E-state index contributed by atoms with van der Waals surface area (Å²) in [6, 6.07) is 11.6. The second-order valence-corrected chi connectivity index (χ2v) is 7.01. The van der Waals surface area contributed by atoms with Crippen LogP contribution in [0.2, 0.25) is 0 Å². The molecule has 0 saturated heterocycles. The molecule has 2 heterocycles. The maximum absolute atomic E-state index is 12.8. The van der Waals surface area contributed by atoms with Gasteiger partial charge >= 0.3 is 6.61 Å². The first-order valence-corrected chi connectivity index (χ1v) is 9.60. The van der Waals surface area contributed by atoms with Gasteiger partial charge in [-0.3, -0.25) is 9.97 Å². The van der Waals surface area contributed by atoms with Crippen LogP contribution in [0.15, 0.2) is 67.3 Å². The molecule has 0 amide bonds. The molecule has 1 atom stereocenters. The third kappa shape index (κ3) is 4.83. The van der Waals surface area contributed by atoms with Crippen molar-refractivity contribution in [3.63, 3.8) is 0 Å². The largest absolute Gasteiger partial charge is 0.489 e. The van der Waals surface area contributed by atoms with Crippen LogP contribution >= 0.6 is 0 Å². The van der Waals surface area contributed by atoms with Gasteiger partial charge in [0.1, 0.15) is 0 Å². The zero-order valence-corrected chi connectivity index (χ0v) is 16.1. The molecule has 3 aromatic rings. The first kappa shape index (κ1) is 20.0. The molecule has 30 heavy (non-hydrogen) atoms. The Kier molecular flexibility index (Phi) is 6.04. The van der Waals surface area contributed by atoms with Crippen LogP contribution < -0.4 is 14.4 Å². The number of alkyl halides is 2. The van der Waals surface area contributed by atoms with Gasteiger partial charge in [-0.2, -0.15) is 8.78 Å². The van der Waals surface area contributed by atoms with Gasteiger partial charge in [0.25, 0.3) is 0 Å². The topological polar surface area (TPSA) is 67.7 Å². The third-order valence-electron chi connectivity index (χ3n) is 4.74. The predicted octanol–water partition coefficient (Wildman–Crippen LogP) is 4.70. The molecule has 1 aliphatic rings. The van der Waals surface area contributed by atoms with Crippen molar-refractivity contribution in [2.75, 3.05) is 11.5 Å². The van der Waals surface area contributed by atoms with Crippen LogP contribution in [0.1, 0.15) is 24.6 Å². The highest BCUT2D eigenvalue weighted by Gasteiger charge is 2.25. The number of pyridine rings is 2. The number of anilines is 2. The van der Waals surface area contributed by atoms with E-state index in [2.05, 4.69) is 14.7 Å².